The third-order valence-electron chi connectivity index (χ3n) is 4.91. The Balaban J connectivity index is 0.00000363. The Labute approximate surface area is 209 Å². The number of rotatable bonds is 7. The van der Waals surface area contributed by atoms with Crippen molar-refractivity contribution in [3.63, 3.8) is 0 Å². The lowest BCUT2D eigenvalue weighted by atomic mass is 10.1. The molecule has 176 valence electrons. The fourth-order valence-electron chi connectivity index (χ4n) is 3.40. The lowest BCUT2D eigenvalue weighted by molar-refractivity contribution is 0.122. The molecule has 2 aromatic carbocycles. The Hall–Kier alpha value is -2.00. The van der Waals surface area contributed by atoms with Crippen molar-refractivity contribution in [3.8, 4) is 5.75 Å². The first-order valence-corrected chi connectivity index (χ1v) is 11.2. The molecule has 7 heteroatoms. The summed E-state index contributed by atoms with van der Waals surface area (Å²) in [5.74, 6) is 1.70. The van der Waals surface area contributed by atoms with E-state index in [2.05, 4.69) is 73.6 Å². The number of hydrogen-bond donors (Lipinski definition) is 2. The van der Waals surface area contributed by atoms with E-state index >= 15 is 0 Å². The molecule has 0 radical (unpaired) electrons. The van der Waals surface area contributed by atoms with Gasteiger partial charge >= 0.3 is 0 Å². The van der Waals surface area contributed by atoms with Crippen LogP contribution in [0.2, 0.25) is 0 Å². The smallest absolute Gasteiger partial charge is 0.191 e. The third-order valence-corrected chi connectivity index (χ3v) is 4.91. The van der Waals surface area contributed by atoms with E-state index < -0.39 is 0 Å². The number of morpholine rings is 1. The molecule has 1 aliphatic rings. The van der Waals surface area contributed by atoms with E-state index in [9.17, 15) is 0 Å². The second kappa shape index (κ2) is 12.9. The van der Waals surface area contributed by atoms with Gasteiger partial charge < -0.3 is 25.0 Å². The topological polar surface area (TPSA) is 58.1 Å². The van der Waals surface area contributed by atoms with Crippen LogP contribution in [-0.4, -0.2) is 44.4 Å². The van der Waals surface area contributed by atoms with E-state index in [1.54, 1.807) is 0 Å². The fourth-order valence-corrected chi connectivity index (χ4v) is 3.40. The molecule has 0 atom stereocenters. The van der Waals surface area contributed by atoms with Gasteiger partial charge in [0.05, 0.1) is 19.8 Å². The number of aliphatic imine (C=N–C) groups is 1. The van der Waals surface area contributed by atoms with Gasteiger partial charge in [-0.15, -0.1) is 24.0 Å². The number of nitrogens with one attached hydrogen (secondary N) is 2. The number of benzene rings is 2. The summed E-state index contributed by atoms with van der Waals surface area (Å²) in [5.41, 5.74) is 3.31. The molecule has 2 N–H and O–H groups in total. The van der Waals surface area contributed by atoms with Gasteiger partial charge in [0.2, 0.25) is 0 Å². The molecule has 0 bridgehead atoms. The molecule has 0 aromatic heterocycles. The Morgan fingerprint density at radius 3 is 2.38 bits per heavy atom. The Bertz CT molecular complexity index is 844. The van der Waals surface area contributed by atoms with Crippen LogP contribution in [0.25, 0.3) is 0 Å². The van der Waals surface area contributed by atoms with E-state index in [0.29, 0.717) is 13.1 Å². The largest absolute Gasteiger partial charge is 0.488 e. The molecule has 0 amide bonds. The van der Waals surface area contributed by atoms with Crippen molar-refractivity contribution < 1.29 is 9.47 Å². The normalized spacial score (nSPS) is 14.5. The Kier molecular flexibility index (Phi) is 10.6. The summed E-state index contributed by atoms with van der Waals surface area (Å²) in [6, 6.07) is 16.8. The van der Waals surface area contributed by atoms with E-state index in [1.807, 2.05) is 18.2 Å². The van der Waals surface area contributed by atoms with Crippen molar-refractivity contribution in [2.75, 3.05) is 37.7 Å². The van der Waals surface area contributed by atoms with Crippen LogP contribution in [0.1, 0.15) is 38.8 Å². The van der Waals surface area contributed by atoms with E-state index in [0.717, 1.165) is 50.1 Å². The van der Waals surface area contributed by atoms with E-state index in [-0.39, 0.29) is 29.6 Å². The average molecular weight is 553 g/mol. The summed E-state index contributed by atoms with van der Waals surface area (Å²) in [4.78, 5) is 7.13. The summed E-state index contributed by atoms with van der Waals surface area (Å²) < 4.78 is 11.5. The molecule has 3 rings (SSSR count). The molecule has 0 unspecified atom stereocenters. The van der Waals surface area contributed by atoms with Gasteiger partial charge in [0.1, 0.15) is 11.4 Å². The van der Waals surface area contributed by atoms with Crippen molar-refractivity contribution in [3.05, 3.63) is 59.7 Å². The monoisotopic (exact) mass is 552 g/mol. The van der Waals surface area contributed by atoms with Gasteiger partial charge in [-0.25, -0.2) is 4.99 Å². The standard InChI is InChI=1S/C25H36N4O2.HI/c1-5-26-24(28-19-21-8-6-7-9-23(21)31-25(2,3)4)27-18-20-10-12-22(13-11-20)29-14-16-30-17-15-29;/h6-13H,5,14-19H2,1-4H3,(H2,26,27,28);1H. The molecular formula is C25H37IN4O2. The zero-order valence-corrected chi connectivity index (χ0v) is 22.0. The summed E-state index contributed by atoms with van der Waals surface area (Å²) >= 11 is 0. The van der Waals surface area contributed by atoms with Crippen LogP contribution in [0, 0.1) is 0 Å². The van der Waals surface area contributed by atoms with E-state index in [1.165, 1.54) is 11.3 Å². The van der Waals surface area contributed by atoms with Gasteiger partial charge in [-0.1, -0.05) is 30.3 Å². The number of nitrogens with zero attached hydrogens (tertiary/aromatic N) is 2. The summed E-state index contributed by atoms with van der Waals surface area (Å²) in [7, 11) is 0. The second-order valence-corrected chi connectivity index (χ2v) is 8.64. The molecule has 1 fully saturated rings. The maximum absolute atomic E-state index is 6.10. The molecule has 0 saturated carbocycles. The predicted molar refractivity (Wildman–Crippen MR) is 143 cm³/mol. The first kappa shape index (κ1) is 26.3. The van der Waals surface area contributed by atoms with Crippen LogP contribution in [0.4, 0.5) is 5.69 Å². The van der Waals surface area contributed by atoms with Crippen LogP contribution in [0.3, 0.4) is 0 Å². The van der Waals surface area contributed by atoms with Gasteiger partial charge in [-0.3, -0.25) is 0 Å². The minimum Gasteiger partial charge on any atom is -0.488 e. The summed E-state index contributed by atoms with van der Waals surface area (Å²) in [5, 5.41) is 6.76. The highest BCUT2D eigenvalue weighted by atomic mass is 127. The Morgan fingerprint density at radius 2 is 1.72 bits per heavy atom. The average Bonchev–Trinajstić information content (AvgIpc) is 2.76. The number of para-hydroxylation sites is 1. The molecular weight excluding hydrogens is 515 g/mol. The summed E-state index contributed by atoms with van der Waals surface area (Å²) in [6.07, 6.45) is 0. The van der Waals surface area contributed by atoms with Crippen molar-refractivity contribution >= 4 is 35.6 Å². The number of ether oxygens (including phenoxy) is 2. The fraction of sp³-hybridized carbons (Fsp3) is 0.480. The molecule has 32 heavy (non-hydrogen) atoms. The quantitative estimate of drug-likeness (QED) is 0.300. The maximum Gasteiger partial charge on any atom is 0.191 e. The van der Waals surface area contributed by atoms with Gasteiger partial charge in [0, 0.05) is 37.4 Å². The second-order valence-electron chi connectivity index (χ2n) is 8.64. The van der Waals surface area contributed by atoms with Gasteiger partial charge in [0.25, 0.3) is 0 Å². The van der Waals surface area contributed by atoms with Gasteiger partial charge in [0.15, 0.2) is 5.96 Å². The SMILES string of the molecule is CCNC(=NCc1ccc(N2CCOCC2)cc1)NCc1ccccc1OC(C)(C)C.I. The maximum atomic E-state index is 6.10. The molecule has 1 heterocycles. The van der Waals surface area contributed by atoms with Crippen molar-refractivity contribution in [2.24, 2.45) is 4.99 Å². The molecule has 0 spiro atoms. The minimum atomic E-state index is -0.234. The van der Waals surface area contributed by atoms with Crippen LogP contribution in [0.15, 0.2) is 53.5 Å². The number of hydrogen-bond acceptors (Lipinski definition) is 4. The van der Waals surface area contributed by atoms with Crippen LogP contribution >= 0.6 is 24.0 Å². The molecule has 0 aliphatic carbocycles. The highest BCUT2D eigenvalue weighted by molar-refractivity contribution is 14.0. The Morgan fingerprint density at radius 1 is 1.03 bits per heavy atom. The molecule has 1 aliphatic heterocycles. The highest BCUT2D eigenvalue weighted by Gasteiger charge is 2.14. The number of halogens is 1. The molecule has 1 saturated heterocycles. The molecule has 2 aromatic rings. The zero-order valence-electron chi connectivity index (χ0n) is 19.7. The first-order chi connectivity index (χ1) is 14.9. The van der Waals surface area contributed by atoms with Crippen LogP contribution in [-0.2, 0) is 17.8 Å². The van der Waals surface area contributed by atoms with Crippen molar-refractivity contribution in [1.29, 1.82) is 0 Å². The van der Waals surface area contributed by atoms with Gasteiger partial charge in [-0.05, 0) is 51.5 Å². The number of anilines is 1. The number of guanidine groups is 1. The highest BCUT2D eigenvalue weighted by Crippen LogP contribution is 2.23. The predicted octanol–water partition coefficient (Wildman–Crippen LogP) is 4.57. The zero-order chi connectivity index (χ0) is 22.1. The minimum absolute atomic E-state index is 0. The lowest BCUT2D eigenvalue weighted by Crippen LogP contribution is -2.37. The third kappa shape index (κ3) is 8.50. The van der Waals surface area contributed by atoms with Crippen molar-refractivity contribution in [1.82, 2.24) is 10.6 Å². The summed E-state index contributed by atoms with van der Waals surface area (Å²) in [6.45, 7) is 13.8. The first-order valence-electron chi connectivity index (χ1n) is 11.2. The van der Waals surface area contributed by atoms with Gasteiger partial charge in [-0.2, -0.15) is 0 Å². The van der Waals surface area contributed by atoms with E-state index in [4.69, 9.17) is 14.5 Å². The van der Waals surface area contributed by atoms with Crippen LogP contribution < -0.4 is 20.3 Å². The van der Waals surface area contributed by atoms with Crippen molar-refractivity contribution in [2.45, 2.75) is 46.4 Å². The van der Waals surface area contributed by atoms with Crippen LogP contribution in [0.5, 0.6) is 5.75 Å². The molecule has 6 nitrogen and oxygen atoms in total. The lowest BCUT2D eigenvalue weighted by Gasteiger charge is -2.28.